The van der Waals surface area contributed by atoms with E-state index in [-0.39, 0.29) is 17.8 Å². The fourth-order valence-corrected chi connectivity index (χ4v) is 5.35. The highest BCUT2D eigenvalue weighted by atomic mass is 19.1. The number of rotatable bonds is 6. The SMILES string of the molecule is COc1ccc2c3ncc(/C(=C(\C)N)N(C)N)cc3n(C(c3cccc(F)c3)C3CCOCC3)c2n1. The topological polar surface area (TPSA) is 104 Å². The van der Waals surface area contributed by atoms with E-state index in [0.717, 1.165) is 46.0 Å². The average Bonchev–Trinajstić information content (AvgIpc) is 3.17. The van der Waals surface area contributed by atoms with E-state index in [0.29, 0.717) is 30.5 Å². The zero-order valence-electron chi connectivity index (χ0n) is 20.7. The Kier molecular flexibility index (Phi) is 6.51. The molecule has 0 bridgehead atoms. The summed E-state index contributed by atoms with van der Waals surface area (Å²) in [6, 6.07) is 12.5. The lowest BCUT2D eigenvalue weighted by atomic mass is 9.86. The zero-order chi connectivity index (χ0) is 25.4. The Morgan fingerprint density at radius 3 is 2.67 bits per heavy atom. The van der Waals surface area contributed by atoms with Crippen molar-refractivity contribution in [2.24, 2.45) is 17.5 Å². The van der Waals surface area contributed by atoms with Crippen molar-refractivity contribution < 1.29 is 13.9 Å². The van der Waals surface area contributed by atoms with Crippen molar-refractivity contribution in [1.29, 1.82) is 0 Å². The van der Waals surface area contributed by atoms with E-state index >= 15 is 0 Å². The highest BCUT2D eigenvalue weighted by Gasteiger charge is 2.31. The summed E-state index contributed by atoms with van der Waals surface area (Å²) >= 11 is 0. The molecule has 1 aromatic carbocycles. The minimum absolute atomic E-state index is 0.191. The van der Waals surface area contributed by atoms with E-state index in [1.165, 1.54) is 11.1 Å². The number of nitrogens with zero attached hydrogens (tertiary/aromatic N) is 4. The van der Waals surface area contributed by atoms with E-state index < -0.39 is 0 Å². The third kappa shape index (κ3) is 4.25. The summed E-state index contributed by atoms with van der Waals surface area (Å²) in [4.78, 5) is 9.68. The van der Waals surface area contributed by atoms with Crippen LogP contribution in [0.5, 0.6) is 5.88 Å². The number of hydrogen-bond acceptors (Lipinski definition) is 7. The average molecular weight is 491 g/mol. The summed E-state index contributed by atoms with van der Waals surface area (Å²) in [5.74, 6) is 6.56. The van der Waals surface area contributed by atoms with Crippen molar-refractivity contribution in [2.45, 2.75) is 25.8 Å². The molecule has 1 saturated heterocycles. The Balaban J connectivity index is 1.86. The lowest BCUT2D eigenvalue weighted by molar-refractivity contribution is 0.0552. The number of nitrogens with two attached hydrogens (primary N) is 2. The maximum Gasteiger partial charge on any atom is 0.214 e. The van der Waals surface area contributed by atoms with Gasteiger partial charge in [-0.3, -0.25) is 4.98 Å². The lowest BCUT2D eigenvalue weighted by Crippen LogP contribution is -2.27. The van der Waals surface area contributed by atoms with Gasteiger partial charge < -0.3 is 24.8 Å². The molecule has 1 aliphatic heterocycles. The second-order valence-corrected chi connectivity index (χ2v) is 9.28. The van der Waals surface area contributed by atoms with E-state index in [1.54, 1.807) is 32.5 Å². The van der Waals surface area contributed by atoms with E-state index in [2.05, 4.69) is 4.57 Å². The van der Waals surface area contributed by atoms with Gasteiger partial charge in [0.1, 0.15) is 11.5 Å². The summed E-state index contributed by atoms with van der Waals surface area (Å²) in [7, 11) is 3.34. The highest BCUT2D eigenvalue weighted by Crippen LogP contribution is 2.41. The van der Waals surface area contributed by atoms with Crippen LogP contribution in [0.1, 0.15) is 36.9 Å². The standard InChI is InChI=1S/C27H31FN6O2/c1-16(29)25(33(2)30)19-14-22-24(31-15-19)21-7-8-23(35-3)32-27(21)34(22)26(17-9-11-36-12-10-17)18-5-4-6-20(28)13-18/h4-8,13-15,17,26H,9-12,29-30H2,1-3H3/b25-16-. The number of benzene rings is 1. The Hall–Kier alpha value is -3.69. The number of halogens is 1. The van der Waals surface area contributed by atoms with Crippen LogP contribution in [-0.4, -0.2) is 46.9 Å². The summed E-state index contributed by atoms with van der Waals surface area (Å²) in [5.41, 5.74) is 11.5. The van der Waals surface area contributed by atoms with Gasteiger partial charge in [-0.1, -0.05) is 12.1 Å². The first-order valence-electron chi connectivity index (χ1n) is 12.0. The van der Waals surface area contributed by atoms with Gasteiger partial charge in [-0.2, -0.15) is 4.98 Å². The molecule has 1 unspecified atom stereocenters. The summed E-state index contributed by atoms with van der Waals surface area (Å²) in [6.07, 6.45) is 3.47. The minimum atomic E-state index is -0.275. The quantitative estimate of drug-likeness (QED) is 0.308. The van der Waals surface area contributed by atoms with Crippen molar-refractivity contribution in [2.75, 3.05) is 27.4 Å². The molecular weight excluding hydrogens is 459 g/mol. The normalized spacial score (nSPS) is 16.2. The van der Waals surface area contributed by atoms with Crippen LogP contribution in [0.2, 0.25) is 0 Å². The number of fused-ring (bicyclic) bond motifs is 3. The predicted molar refractivity (Wildman–Crippen MR) is 138 cm³/mol. The molecule has 1 atom stereocenters. The van der Waals surface area contributed by atoms with Gasteiger partial charge in [-0.15, -0.1) is 0 Å². The summed E-state index contributed by atoms with van der Waals surface area (Å²) in [6.45, 7) is 3.12. The number of methoxy groups -OCH3 is 1. The van der Waals surface area contributed by atoms with Crippen molar-refractivity contribution in [3.8, 4) is 5.88 Å². The largest absolute Gasteiger partial charge is 0.481 e. The van der Waals surface area contributed by atoms with Gasteiger partial charge in [0.15, 0.2) is 0 Å². The van der Waals surface area contributed by atoms with Crippen LogP contribution in [0, 0.1) is 11.7 Å². The predicted octanol–water partition coefficient (Wildman–Crippen LogP) is 4.20. The first kappa shape index (κ1) is 24.0. The molecule has 4 heterocycles. The molecule has 5 rings (SSSR count). The third-order valence-corrected chi connectivity index (χ3v) is 6.85. The van der Waals surface area contributed by atoms with Crippen LogP contribution >= 0.6 is 0 Å². The molecular formula is C27H31FN6O2. The van der Waals surface area contributed by atoms with Crippen LogP contribution in [-0.2, 0) is 4.74 Å². The lowest BCUT2D eigenvalue weighted by Gasteiger charge is -2.33. The van der Waals surface area contributed by atoms with E-state index in [1.807, 2.05) is 31.2 Å². The fraction of sp³-hybridized carbons (Fsp3) is 0.333. The minimum Gasteiger partial charge on any atom is -0.481 e. The molecule has 3 aromatic heterocycles. The Labute approximate surface area is 209 Å². The van der Waals surface area contributed by atoms with Gasteiger partial charge in [0.25, 0.3) is 0 Å². The first-order chi connectivity index (χ1) is 17.4. The Morgan fingerprint density at radius 2 is 2.00 bits per heavy atom. The van der Waals surface area contributed by atoms with Crippen molar-refractivity contribution in [3.05, 3.63) is 71.3 Å². The molecule has 0 saturated carbocycles. The summed E-state index contributed by atoms with van der Waals surface area (Å²) in [5, 5.41) is 2.39. The second-order valence-electron chi connectivity index (χ2n) is 9.28. The summed E-state index contributed by atoms with van der Waals surface area (Å²) < 4.78 is 27.8. The molecule has 4 N–H and O–H groups in total. The van der Waals surface area contributed by atoms with Gasteiger partial charge in [-0.25, -0.2) is 10.2 Å². The van der Waals surface area contributed by atoms with Crippen LogP contribution in [0.3, 0.4) is 0 Å². The number of aromatic nitrogens is 3. The van der Waals surface area contributed by atoms with Gasteiger partial charge >= 0.3 is 0 Å². The second kappa shape index (κ2) is 9.75. The van der Waals surface area contributed by atoms with E-state index in [4.69, 9.17) is 31.0 Å². The highest BCUT2D eigenvalue weighted by molar-refractivity contribution is 6.05. The molecule has 36 heavy (non-hydrogen) atoms. The van der Waals surface area contributed by atoms with Crippen LogP contribution in [0.15, 0.2) is 54.4 Å². The van der Waals surface area contributed by atoms with Crippen molar-refractivity contribution >= 4 is 27.8 Å². The van der Waals surface area contributed by atoms with Crippen LogP contribution in [0.25, 0.3) is 27.8 Å². The maximum absolute atomic E-state index is 14.5. The zero-order valence-corrected chi connectivity index (χ0v) is 20.7. The monoisotopic (exact) mass is 490 g/mol. The van der Waals surface area contributed by atoms with Crippen molar-refractivity contribution in [1.82, 2.24) is 19.5 Å². The van der Waals surface area contributed by atoms with Gasteiger partial charge in [-0.05, 0) is 55.5 Å². The van der Waals surface area contributed by atoms with Gasteiger partial charge in [0.2, 0.25) is 5.88 Å². The molecule has 4 aromatic rings. The smallest absolute Gasteiger partial charge is 0.214 e. The third-order valence-electron chi connectivity index (χ3n) is 6.85. The number of hydrazine groups is 1. The Bertz CT molecular complexity index is 1440. The van der Waals surface area contributed by atoms with Crippen LogP contribution < -0.4 is 16.3 Å². The number of hydrogen-bond donors (Lipinski definition) is 2. The van der Waals surface area contributed by atoms with E-state index in [9.17, 15) is 4.39 Å². The first-order valence-corrected chi connectivity index (χ1v) is 12.0. The molecule has 9 heteroatoms. The number of allylic oxidation sites excluding steroid dienone is 1. The molecule has 0 amide bonds. The molecule has 8 nitrogen and oxygen atoms in total. The molecule has 1 aliphatic rings. The van der Waals surface area contributed by atoms with Gasteiger partial charge in [0.05, 0.1) is 29.9 Å². The number of pyridine rings is 2. The number of ether oxygens (including phenoxy) is 2. The molecule has 0 radical (unpaired) electrons. The van der Waals surface area contributed by atoms with Crippen LogP contribution in [0.4, 0.5) is 4.39 Å². The Morgan fingerprint density at radius 1 is 1.22 bits per heavy atom. The van der Waals surface area contributed by atoms with Gasteiger partial charge in [0, 0.05) is 49.2 Å². The molecule has 0 spiro atoms. The molecule has 188 valence electrons. The molecule has 0 aliphatic carbocycles. The van der Waals surface area contributed by atoms with Crippen molar-refractivity contribution in [3.63, 3.8) is 0 Å². The fourth-order valence-electron chi connectivity index (χ4n) is 5.35. The maximum atomic E-state index is 14.5. The molecule has 1 fully saturated rings.